The number of methoxy groups -OCH3 is 1. The first kappa shape index (κ1) is 29.6. The van der Waals surface area contributed by atoms with Gasteiger partial charge in [-0.1, -0.05) is 79.7 Å². The van der Waals surface area contributed by atoms with Gasteiger partial charge in [0.2, 0.25) is 11.8 Å². The van der Waals surface area contributed by atoms with Crippen molar-refractivity contribution in [1.82, 2.24) is 19.5 Å². The van der Waals surface area contributed by atoms with E-state index in [0.29, 0.717) is 24.2 Å². The molecule has 3 aromatic carbocycles. The molecule has 3 heterocycles. The summed E-state index contributed by atoms with van der Waals surface area (Å²) in [5.74, 6) is 1.30. The quantitative estimate of drug-likeness (QED) is 0.190. The second-order valence-corrected chi connectivity index (χ2v) is 11.1. The molecule has 1 saturated heterocycles. The van der Waals surface area contributed by atoms with Crippen molar-refractivity contribution in [2.75, 3.05) is 19.0 Å². The maximum atomic E-state index is 11.3. The van der Waals surface area contributed by atoms with Gasteiger partial charge in [0.1, 0.15) is 23.0 Å². The molecule has 1 aliphatic rings. The number of nitrogens with zero attached hydrogens (tertiary/aromatic N) is 4. The SMILES string of the molecule is CCOc1nc(NC(c2ccccc2)(c2ccccc2)c2ccc(OC)cc2)nc2c1ncn2[C@@H]1O[C@H](CC)[C@@H](O)[C@@]1(C)O. The van der Waals surface area contributed by atoms with Gasteiger partial charge < -0.3 is 29.7 Å². The Morgan fingerprint density at radius 2 is 1.55 bits per heavy atom. The fraction of sp³-hybridized carbons (Fsp3) is 0.324. The van der Waals surface area contributed by atoms with Gasteiger partial charge in [0.25, 0.3) is 0 Å². The van der Waals surface area contributed by atoms with Crippen LogP contribution in [-0.2, 0) is 10.3 Å². The summed E-state index contributed by atoms with van der Waals surface area (Å²) < 4.78 is 19.2. The highest BCUT2D eigenvalue weighted by Gasteiger charge is 2.53. The van der Waals surface area contributed by atoms with Crippen LogP contribution in [-0.4, -0.2) is 61.3 Å². The lowest BCUT2D eigenvalue weighted by atomic mass is 9.77. The maximum Gasteiger partial charge on any atom is 0.247 e. The number of hydrogen-bond acceptors (Lipinski definition) is 9. The number of aromatic nitrogens is 4. The summed E-state index contributed by atoms with van der Waals surface area (Å²) >= 11 is 0. The molecule has 6 rings (SSSR count). The summed E-state index contributed by atoms with van der Waals surface area (Å²) in [6.45, 7) is 5.70. The number of nitrogens with one attached hydrogen (secondary N) is 1. The summed E-state index contributed by atoms with van der Waals surface area (Å²) in [5.41, 5.74) is 1.15. The van der Waals surface area contributed by atoms with E-state index in [-0.39, 0.29) is 11.8 Å². The maximum absolute atomic E-state index is 11.3. The summed E-state index contributed by atoms with van der Waals surface area (Å²) in [4.78, 5) is 14.3. The van der Waals surface area contributed by atoms with Crippen molar-refractivity contribution >= 4 is 17.1 Å². The van der Waals surface area contributed by atoms with Crippen LogP contribution in [0.1, 0.15) is 50.1 Å². The molecule has 0 radical (unpaired) electrons. The molecule has 5 aromatic rings. The van der Waals surface area contributed by atoms with E-state index in [1.165, 1.54) is 0 Å². The first-order valence-electron chi connectivity index (χ1n) is 14.8. The molecule has 10 heteroatoms. The molecule has 3 N–H and O–H groups in total. The van der Waals surface area contributed by atoms with E-state index in [9.17, 15) is 10.2 Å². The minimum atomic E-state index is -1.58. The zero-order chi connectivity index (χ0) is 30.9. The Bertz CT molecular complexity index is 1670. The average Bonchev–Trinajstić information content (AvgIpc) is 3.58. The van der Waals surface area contributed by atoms with Gasteiger partial charge in [-0.25, -0.2) is 4.98 Å². The number of benzene rings is 3. The van der Waals surface area contributed by atoms with Crippen molar-refractivity contribution in [3.05, 3.63) is 108 Å². The zero-order valence-electron chi connectivity index (χ0n) is 25.2. The van der Waals surface area contributed by atoms with Crippen LogP contribution in [0.4, 0.5) is 5.95 Å². The van der Waals surface area contributed by atoms with Crippen LogP contribution in [0.5, 0.6) is 11.6 Å². The van der Waals surface area contributed by atoms with E-state index in [2.05, 4.69) is 34.6 Å². The minimum absolute atomic E-state index is 0.274. The van der Waals surface area contributed by atoms with Crippen LogP contribution in [0.15, 0.2) is 91.3 Å². The Labute approximate surface area is 256 Å². The lowest BCUT2D eigenvalue weighted by Crippen LogP contribution is -2.43. The Kier molecular flexibility index (Phi) is 7.98. The third-order valence-electron chi connectivity index (χ3n) is 8.32. The molecule has 10 nitrogen and oxygen atoms in total. The van der Waals surface area contributed by atoms with Crippen LogP contribution >= 0.6 is 0 Å². The molecule has 1 aliphatic heterocycles. The van der Waals surface area contributed by atoms with E-state index < -0.39 is 29.6 Å². The predicted octanol–water partition coefficient (Wildman–Crippen LogP) is 5.06. The topological polar surface area (TPSA) is 124 Å². The average molecular weight is 596 g/mol. The third-order valence-corrected chi connectivity index (χ3v) is 8.32. The first-order chi connectivity index (χ1) is 21.3. The standard InChI is InChI=1S/C34H37N5O5/c1-5-26-28(40)33(3,41)31(44-26)39-21-35-27-29(39)36-32(37-30(27)43-6-2)38-34(22-13-9-7-10-14-22,23-15-11-8-12-16-23)24-17-19-25(42-4)20-18-24/h7-21,26,28,31,40-41H,5-6H2,1-4H3,(H,36,37,38)/t26-,28-,31-,33-/m1/s1. The van der Waals surface area contributed by atoms with Gasteiger partial charge in [-0.3, -0.25) is 4.57 Å². The highest BCUT2D eigenvalue weighted by Crippen LogP contribution is 2.43. The lowest BCUT2D eigenvalue weighted by Gasteiger charge is -2.37. The van der Waals surface area contributed by atoms with Crippen molar-refractivity contribution < 1.29 is 24.4 Å². The van der Waals surface area contributed by atoms with Crippen LogP contribution in [0, 0.1) is 0 Å². The van der Waals surface area contributed by atoms with E-state index >= 15 is 0 Å². The molecular weight excluding hydrogens is 558 g/mol. The number of fused-ring (bicyclic) bond motifs is 1. The van der Waals surface area contributed by atoms with Crippen molar-refractivity contribution in [3.63, 3.8) is 0 Å². The highest BCUT2D eigenvalue weighted by atomic mass is 16.6. The molecule has 0 spiro atoms. The number of imidazole rings is 1. The molecular formula is C34H37N5O5. The third kappa shape index (κ3) is 4.94. The Balaban J connectivity index is 1.57. The van der Waals surface area contributed by atoms with Crippen LogP contribution in [0.3, 0.4) is 0 Å². The van der Waals surface area contributed by atoms with E-state index in [1.54, 1.807) is 24.9 Å². The molecule has 4 atom stereocenters. The van der Waals surface area contributed by atoms with E-state index in [0.717, 1.165) is 22.4 Å². The predicted molar refractivity (Wildman–Crippen MR) is 167 cm³/mol. The summed E-state index contributed by atoms with van der Waals surface area (Å²) in [5, 5.41) is 25.9. The van der Waals surface area contributed by atoms with Crippen molar-refractivity contribution in [2.24, 2.45) is 0 Å². The Hall–Kier alpha value is -4.51. The second-order valence-electron chi connectivity index (χ2n) is 11.1. The molecule has 0 amide bonds. The van der Waals surface area contributed by atoms with Gasteiger partial charge in [0.15, 0.2) is 17.4 Å². The van der Waals surface area contributed by atoms with Gasteiger partial charge in [0, 0.05) is 0 Å². The van der Waals surface area contributed by atoms with Gasteiger partial charge in [-0.05, 0) is 49.1 Å². The van der Waals surface area contributed by atoms with Gasteiger partial charge in [-0.15, -0.1) is 0 Å². The number of hydrogen-bond donors (Lipinski definition) is 3. The largest absolute Gasteiger partial charge is 0.497 e. The molecule has 228 valence electrons. The Morgan fingerprint density at radius 1 is 0.932 bits per heavy atom. The molecule has 2 aromatic heterocycles. The number of aliphatic hydroxyl groups is 2. The van der Waals surface area contributed by atoms with Crippen molar-refractivity contribution in [3.8, 4) is 11.6 Å². The van der Waals surface area contributed by atoms with Gasteiger partial charge in [-0.2, -0.15) is 9.97 Å². The molecule has 0 aliphatic carbocycles. The molecule has 0 bridgehead atoms. The van der Waals surface area contributed by atoms with Crippen LogP contribution in [0.25, 0.3) is 11.2 Å². The molecule has 0 unspecified atom stereocenters. The number of ether oxygens (including phenoxy) is 3. The smallest absolute Gasteiger partial charge is 0.247 e. The van der Waals surface area contributed by atoms with E-state index in [1.807, 2.05) is 74.5 Å². The zero-order valence-corrected chi connectivity index (χ0v) is 25.2. The summed E-state index contributed by atoms with van der Waals surface area (Å²) in [6, 6.07) is 28.1. The van der Waals surface area contributed by atoms with Crippen molar-refractivity contribution in [1.29, 1.82) is 0 Å². The van der Waals surface area contributed by atoms with E-state index in [4.69, 9.17) is 24.2 Å². The van der Waals surface area contributed by atoms with Gasteiger partial charge in [0.05, 0.1) is 26.1 Å². The lowest BCUT2D eigenvalue weighted by molar-refractivity contribution is -0.0940. The monoisotopic (exact) mass is 595 g/mol. The molecule has 1 fully saturated rings. The van der Waals surface area contributed by atoms with Gasteiger partial charge >= 0.3 is 0 Å². The second kappa shape index (κ2) is 11.9. The van der Waals surface area contributed by atoms with Crippen LogP contribution < -0.4 is 14.8 Å². The minimum Gasteiger partial charge on any atom is -0.497 e. The fourth-order valence-corrected chi connectivity index (χ4v) is 6.02. The number of anilines is 1. The fourth-order valence-electron chi connectivity index (χ4n) is 6.02. The number of aliphatic hydroxyl groups excluding tert-OH is 1. The van der Waals surface area contributed by atoms with Crippen LogP contribution in [0.2, 0.25) is 0 Å². The summed E-state index contributed by atoms with van der Waals surface area (Å²) in [7, 11) is 1.64. The molecule has 44 heavy (non-hydrogen) atoms. The molecule has 0 saturated carbocycles. The Morgan fingerprint density at radius 3 is 2.09 bits per heavy atom. The summed E-state index contributed by atoms with van der Waals surface area (Å²) in [6.07, 6.45) is -0.484. The normalized spacial score (nSPS) is 21.8. The number of rotatable bonds is 10. The first-order valence-corrected chi connectivity index (χ1v) is 14.8. The van der Waals surface area contributed by atoms with Crippen molar-refractivity contribution in [2.45, 2.75) is 56.8 Å². The highest BCUT2D eigenvalue weighted by molar-refractivity contribution is 5.78.